The van der Waals surface area contributed by atoms with Crippen molar-refractivity contribution in [2.24, 2.45) is 0 Å². The van der Waals surface area contributed by atoms with E-state index in [1.165, 1.54) is 6.07 Å². The predicted molar refractivity (Wildman–Crippen MR) is 46.5 cm³/mol. The first kappa shape index (κ1) is 8.63. The molecule has 1 aromatic carbocycles. The van der Waals surface area contributed by atoms with Gasteiger partial charge in [0.2, 0.25) is 0 Å². The van der Waals surface area contributed by atoms with Crippen molar-refractivity contribution in [3.8, 4) is 18.1 Å². The van der Waals surface area contributed by atoms with E-state index in [1.54, 1.807) is 18.2 Å². The summed E-state index contributed by atoms with van der Waals surface area (Å²) in [5.41, 5.74) is 0.482. The van der Waals surface area contributed by atoms with Crippen LogP contribution in [-0.4, -0.2) is 10.2 Å². The number of hydrogen-bond donors (Lipinski definition) is 2. The molecule has 0 aromatic heterocycles. The smallest absolute Gasteiger partial charge is 0.121 e. The number of aliphatic hydroxyl groups excluding tert-OH is 1. The Morgan fingerprint density at radius 2 is 2.08 bits per heavy atom. The maximum absolute atomic E-state index is 9.40. The summed E-state index contributed by atoms with van der Waals surface area (Å²) < 4.78 is 0. The summed E-state index contributed by atoms with van der Waals surface area (Å²) >= 11 is 0. The molecule has 0 aliphatic carbocycles. The number of aliphatic hydroxyl groups is 1. The molecule has 1 atom stereocenters. The van der Waals surface area contributed by atoms with E-state index in [0.717, 1.165) is 0 Å². The van der Waals surface area contributed by atoms with E-state index >= 15 is 0 Å². The van der Waals surface area contributed by atoms with Crippen molar-refractivity contribution in [1.29, 1.82) is 0 Å². The average molecular weight is 162 g/mol. The van der Waals surface area contributed by atoms with Gasteiger partial charge in [0, 0.05) is 12.0 Å². The van der Waals surface area contributed by atoms with Gasteiger partial charge in [-0.25, -0.2) is 0 Å². The Balaban J connectivity index is 2.88. The van der Waals surface area contributed by atoms with E-state index in [9.17, 15) is 10.2 Å². The summed E-state index contributed by atoms with van der Waals surface area (Å²) in [4.78, 5) is 0. The summed E-state index contributed by atoms with van der Waals surface area (Å²) in [6, 6.07) is 6.61. The van der Waals surface area contributed by atoms with Crippen LogP contribution in [0.3, 0.4) is 0 Å². The van der Waals surface area contributed by atoms with Gasteiger partial charge < -0.3 is 10.2 Å². The van der Waals surface area contributed by atoms with Gasteiger partial charge in [-0.1, -0.05) is 18.2 Å². The SMILES string of the molecule is C#CCC(O)c1ccccc1O. The quantitative estimate of drug-likeness (QED) is 0.646. The number of rotatable bonds is 2. The molecule has 0 heterocycles. The highest BCUT2D eigenvalue weighted by molar-refractivity contribution is 5.33. The van der Waals surface area contributed by atoms with E-state index in [4.69, 9.17) is 6.42 Å². The Morgan fingerprint density at radius 3 is 2.67 bits per heavy atom. The number of phenols is 1. The lowest BCUT2D eigenvalue weighted by Gasteiger charge is -2.08. The zero-order valence-electron chi connectivity index (χ0n) is 6.57. The Labute approximate surface area is 71.5 Å². The molecule has 0 aliphatic rings. The largest absolute Gasteiger partial charge is 0.508 e. The number of hydrogen-bond acceptors (Lipinski definition) is 2. The fourth-order valence-electron chi connectivity index (χ4n) is 0.991. The van der Waals surface area contributed by atoms with Gasteiger partial charge in [0.25, 0.3) is 0 Å². The van der Waals surface area contributed by atoms with Gasteiger partial charge in [-0.15, -0.1) is 12.3 Å². The van der Waals surface area contributed by atoms with E-state index in [1.807, 2.05) is 0 Å². The summed E-state index contributed by atoms with van der Waals surface area (Å²) in [5, 5.41) is 18.7. The van der Waals surface area contributed by atoms with Crippen LogP contribution in [0.5, 0.6) is 5.75 Å². The molecule has 62 valence electrons. The second-order valence-electron chi connectivity index (χ2n) is 2.48. The topological polar surface area (TPSA) is 40.5 Å². The molecule has 0 bridgehead atoms. The van der Waals surface area contributed by atoms with Crippen LogP contribution in [0.2, 0.25) is 0 Å². The third-order valence-corrected chi connectivity index (χ3v) is 1.61. The summed E-state index contributed by atoms with van der Waals surface area (Å²) in [7, 11) is 0. The lowest BCUT2D eigenvalue weighted by Crippen LogP contribution is -1.95. The van der Waals surface area contributed by atoms with Crippen molar-refractivity contribution in [3.63, 3.8) is 0 Å². The maximum atomic E-state index is 9.40. The zero-order chi connectivity index (χ0) is 8.97. The predicted octanol–water partition coefficient (Wildman–Crippen LogP) is 1.45. The highest BCUT2D eigenvalue weighted by atomic mass is 16.3. The first-order valence-electron chi connectivity index (χ1n) is 3.65. The van der Waals surface area contributed by atoms with Gasteiger partial charge in [-0.05, 0) is 6.07 Å². The highest BCUT2D eigenvalue weighted by Crippen LogP contribution is 2.24. The Kier molecular flexibility index (Phi) is 2.73. The molecule has 0 spiro atoms. The van der Waals surface area contributed by atoms with Crippen LogP contribution in [0.1, 0.15) is 18.1 Å². The van der Waals surface area contributed by atoms with Gasteiger partial charge >= 0.3 is 0 Å². The second kappa shape index (κ2) is 3.80. The van der Waals surface area contributed by atoms with Gasteiger partial charge in [0.15, 0.2) is 0 Å². The van der Waals surface area contributed by atoms with Crippen molar-refractivity contribution in [2.45, 2.75) is 12.5 Å². The first-order chi connectivity index (χ1) is 5.75. The molecule has 0 radical (unpaired) electrons. The Morgan fingerprint density at radius 1 is 1.42 bits per heavy atom. The first-order valence-corrected chi connectivity index (χ1v) is 3.65. The minimum Gasteiger partial charge on any atom is -0.508 e. The summed E-state index contributed by atoms with van der Waals surface area (Å²) in [5.74, 6) is 2.42. The molecule has 12 heavy (non-hydrogen) atoms. The lowest BCUT2D eigenvalue weighted by atomic mass is 10.1. The van der Waals surface area contributed by atoms with Crippen LogP contribution in [0, 0.1) is 12.3 Å². The third-order valence-electron chi connectivity index (χ3n) is 1.61. The van der Waals surface area contributed by atoms with Crippen LogP contribution in [0.15, 0.2) is 24.3 Å². The van der Waals surface area contributed by atoms with Gasteiger partial charge in [0.05, 0.1) is 6.10 Å². The van der Waals surface area contributed by atoms with E-state index in [0.29, 0.717) is 5.56 Å². The van der Waals surface area contributed by atoms with Crippen molar-refractivity contribution in [2.75, 3.05) is 0 Å². The van der Waals surface area contributed by atoms with Gasteiger partial charge in [-0.3, -0.25) is 0 Å². The molecule has 1 rings (SSSR count). The number of terminal acetylenes is 1. The molecular formula is C10H10O2. The zero-order valence-corrected chi connectivity index (χ0v) is 6.57. The molecule has 2 N–H and O–H groups in total. The molecule has 0 saturated carbocycles. The molecule has 0 saturated heterocycles. The molecule has 0 fully saturated rings. The summed E-state index contributed by atoms with van der Waals surface area (Å²) in [6.45, 7) is 0. The maximum Gasteiger partial charge on any atom is 0.121 e. The van der Waals surface area contributed by atoms with Crippen molar-refractivity contribution in [1.82, 2.24) is 0 Å². The number of phenolic OH excluding ortho intramolecular Hbond substituents is 1. The molecule has 2 nitrogen and oxygen atoms in total. The monoisotopic (exact) mass is 162 g/mol. The number of benzene rings is 1. The molecular weight excluding hydrogens is 152 g/mol. The molecule has 2 heteroatoms. The standard InChI is InChI=1S/C10H10O2/c1-2-5-9(11)8-6-3-4-7-10(8)12/h1,3-4,6-7,9,11-12H,5H2. The van der Waals surface area contributed by atoms with Crippen LogP contribution in [0.4, 0.5) is 0 Å². The highest BCUT2D eigenvalue weighted by Gasteiger charge is 2.08. The number of aromatic hydroxyl groups is 1. The Hall–Kier alpha value is -1.46. The van der Waals surface area contributed by atoms with E-state index in [2.05, 4.69) is 5.92 Å². The van der Waals surface area contributed by atoms with Crippen molar-refractivity contribution >= 4 is 0 Å². The molecule has 1 aromatic rings. The van der Waals surface area contributed by atoms with Gasteiger partial charge in [0.1, 0.15) is 5.75 Å². The van der Waals surface area contributed by atoms with Crippen LogP contribution in [0.25, 0.3) is 0 Å². The summed E-state index contributed by atoms with van der Waals surface area (Å²) in [6.07, 6.45) is 4.48. The van der Waals surface area contributed by atoms with E-state index in [-0.39, 0.29) is 12.2 Å². The van der Waals surface area contributed by atoms with E-state index < -0.39 is 6.10 Å². The lowest BCUT2D eigenvalue weighted by molar-refractivity contribution is 0.180. The van der Waals surface area contributed by atoms with Crippen LogP contribution in [-0.2, 0) is 0 Å². The van der Waals surface area contributed by atoms with Gasteiger partial charge in [-0.2, -0.15) is 0 Å². The van der Waals surface area contributed by atoms with Crippen LogP contribution < -0.4 is 0 Å². The van der Waals surface area contributed by atoms with Crippen molar-refractivity contribution < 1.29 is 10.2 Å². The van der Waals surface area contributed by atoms with Crippen molar-refractivity contribution in [3.05, 3.63) is 29.8 Å². The minimum atomic E-state index is -0.767. The third kappa shape index (κ3) is 1.77. The number of para-hydroxylation sites is 1. The normalized spacial score (nSPS) is 12.0. The molecule has 0 aliphatic heterocycles. The Bertz CT molecular complexity index is 299. The second-order valence-corrected chi connectivity index (χ2v) is 2.48. The van der Waals surface area contributed by atoms with Crippen LogP contribution >= 0.6 is 0 Å². The molecule has 0 amide bonds. The molecule has 1 unspecified atom stereocenters. The minimum absolute atomic E-state index is 0.0836. The fourth-order valence-corrected chi connectivity index (χ4v) is 0.991. The fraction of sp³-hybridized carbons (Fsp3) is 0.200. The average Bonchev–Trinajstić information content (AvgIpc) is 2.05.